The van der Waals surface area contributed by atoms with Crippen molar-refractivity contribution in [1.29, 1.82) is 0 Å². The molecule has 0 spiro atoms. The van der Waals surface area contributed by atoms with Gasteiger partial charge in [-0.3, -0.25) is 0 Å². The van der Waals surface area contributed by atoms with Crippen LogP contribution in [-0.4, -0.2) is 42.2 Å². The van der Waals surface area contributed by atoms with Crippen molar-refractivity contribution in [3.63, 3.8) is 0 Å². The van der Waals surface area contributed by atoms with Crippen LogP contribution in [0.1, 0.15) is 19.3 Å². The molecule has 1 aliphatic heterocycles. The first-order valence-corrected chi connectivity index (χ1v) is 4.16. The van der Waals surface area contributed by atoms with Crippen molar-refractivity contribution in [2.45, 2.75) is 24.4 Å². The third-order valence-corrected chi connectivity index (χ3v) is 2.03. The van der Waals surface area contributed by atoms with Crippen molar-refractivity contribution in [3.8, 4) is 0 Å². The van der Waals surface area contributed by atoms with Gasteiger partial charge in [0.1, 0.15) is 0 Å². The van der Waals surface area contributed by atoms with Gasteiger partial charge in [0.05, 0.1) is 0 Å². The van der Waals surface area contributed by atoms with Crippen LogP contribution in [0.4, 0.5) is 0 Å². The van der Waals surface area contributed by atoms with E-state index in [9.17, 15) is 0 Å². The van der Waals surface area contributed by atoms with E-state index in [2.05, 4.69) is 22.6 Å². The maximum absolute atomic E-state index is 2.57. The van der Waals surface area contributed by atoms with Gasteiger partial charge < -0.3 is 0 Å². The van der Waals surface area contributed by atoms with Gasteiger partial charge in [-0.2, -0.15) is 0 Å². The van der Waals surface area contributed by atoms with Gasteiger partial charge in [0, 0.05) is 0 Å². The maximum atomic E-state index is 2.57. The molecule has 0 aromatic rings. The van der Waals surface area contributed by atoms with E-state index in [1.165, 1.54) is 44.0 Å². The van der Waals surface area contributed by atoms with Crippen LogP contribution in [0.2, 0.25) is 5.09 Å². The quantitative estimate of drug-likeness (QED) is 0.502. The number of nitrogens with zero attached hydrogens (tertiary/aromatic N) is 1. The number of hydrogen-bond acceptors (Lipinski definition) is 1. The fourth-order valence-electron chi connectivity index (χ4n) is 1.39. The van der Waals surface area contributed by atoms with Crippen molar-refractivity contribution >= 4 is 17.7 Å². The Hall–Kier alpha value is 0.557. The first-order valence-electron chi connectivity index (χ1n) is 4.16. The molecule has 1 rings (SSSR count). The van der Waals surface area contributed by atoms with Crippen LogP contribution in [-0.2, 0) is 0 Å². The van der Waals surface area contributed by atoms with E-state index in [-0.39, 0.29) is 0 Å². The van der Waals surface area contributed by atoms with E-state index in [0.29, 0.717) is 0 Å². The second-order valence-electron chi connectivity index (χ2n) is 2.90. The molecule has 0 aromatic carbocycles. The molecular formula is C7H14LiN. The summed E-state index contributed by atoms with van der Waals surface area (Å²) in [5, 5.41) is 1.34. The molecule has 1 heterocycles. The number of hydrogen-bond donors (Lipinski definition) is 0. The Labute approximate surface area is 67.0 Å². The molecule has 0 aliphatic carbocycles. The van der Waals surface area contributed by atoms with Crippen molar-refractivity contribution in [2.24, 2.45) is 0 Å². The van der Waals surface area contributed by atoms with E-state index in [1.807, 2.05) is 0 Å². The van der Waals surface area contributed by atoms with Crippen molar-refractivity contribution in [1.82, 2.24) is 4.90 Å². The summed E-state index contributed by atoms with van der Waals surface area (Å²) in [6, 6.07) is 0. The molecule has 0 atom stereocenters. The normalized spacial score (nSPS) is 21.1. The van der Waals surface area contributed by atoms with Gasteiger partial charge in [-0.25, -0.2) is 0 Å². The van der Waals surface area contributed by atoms with Crippen molar-refractivity contribution in [2.75, 3.05) is 19.6 Å². The molecule has 48 valence electrons. The first kappa shape index (κ1) is 7.66. The fraction of sp³-hybridized carbons (Fsp3) is 1.00. The molecule has 0 amide bonds. The summed E-state index contributed by atoms with van der Waals surface area (Å²) in [4.78, 5) is 2.57. The van der Waals surface area contributed by atoms with Crippen LogP contribution in [0.5, 0.6) is 0 Å². The predicted molar refractivity (Wildman–Crippen MR) is 40.9 cm³/mol. The van der Waals surface area contributed by atoms with Crippen LogP contribution in [0.15, 0.2) is 0 Å². The molecule has 1 aliphatic rings. The molecule has 1 saturated heterocycles. The second kappa shape index (κ2) is 4.39. The van der Waals surface area contributed by atoms with Crippen LogP contribution in [0, 0.1) is 0 Å². The minimum absolute atomic E-state index is 1.34. The van der Waals surface area contributed by atoms with E-state index in [4.69, 9.17) is 0 Å². The summed E-state index contributed by atoms with van der Waals surface area (Å²) in [6.07, 6.45) is 4.26. The molecule has 0 aromatic heterocycles. The zero-order valence-corrected chi connectivity index (χ0v) is 6.40. The monoisotopic (exact) mass is 119 g/mol. The minimum atomic E-state index is 1.34. The molecule has 2 heteroatoms. The Morgan fingerprint density at radius 2 is 1.89 bits per heavy atom. The van der Waals surface area contributed by atoms with Gasteiger partial charge >= 0.3 is 66.6 Å². The molecule has 0 saturated carbocycles. The van der Waals surface area contributed by atoms with Crippen molar-refractivity contribution < 1.29 is 0 Å². The summed E-state index contributed by atoms with van der Waals surface area (Å²) in [5.41, 5.74) is 0. The van der Waals surface area contributed by atoms with Crippen LogP contribution < -0.4 is 0 Å². The molecule has 0 bridgehead atoms. The van der Waals surface area contributed by atoms with Crippen LogP contribution in [0.25, 0.3) is 0 Å². The zero-order valence-electron chi connectivity index (χ0n) is 6.40. The SMILES string of the molecule is [Li][CH2]CCN1CCCC1. The van der Waals surface area contributed by atoms with Crippen molar-refractivity contribution in [3.05, 3.63) is 0 Å². The Bertz CT molecular complexity index is 69.3. The molecule has 0 unspecified atom stereocenters. The Morgan fingerprint density at radius 1 is 1.22 bits per heavy atom. The third-order valence-electron chi connectivity index (χ3n) is 2.03. The van der Waals surface area contributed by atoms with Gasteiger partial charge in [0.15, 0.2) is 0 Å². The third kappa shape index (κ3) is 2.75. The predicted octanol–water partition coefficient (Wildman–Crippen LogP) is 1.06. The topological polar surface area (TPSA) is 3.24 Å². The summed E-state index contributed by atoms with van der Waals surface area (Å²) in [6.45, 7) is 4.07. The second-order valence-corrected chi connectivity index (χ2v) is 2.90. The van der Waals surface area contributed by atoms with Crippen LogP contribution in [0.3, 0.4) is 0 Å². The van der Waals surface area contributed by atoms with E-state index in [1.54, 1.807) is 0 Å². The molecule has 0 N–H and O–H groups in total. The van der Waals surface area contributed by atoms with Crippen LogP contribution >= 0.6 is 0 Å². The van der Waals surface area contributed by atoms with E-state index >= 15 is 0 Å². The van der Waals surface area contributed by atoms with Gasteiger partial charge in [-0.05, 0) is 0 Å². The summed E-state index contributed by atoms with van der Waals surface area (Å²) in [5.74, 6) is 0. The van der Waals surface area contributed by atoms with Gasteiger partial charge in [-0.1, -0.05) is 0 Å². The Balaban J connectivity index is 1.98. The molecule has 1 fully saturated rings. The number of likely N-dealkylation sites (tertiary alicyclic amines) is 1. The molecule has 0 radical (unpaired) electrons. The molecule has 9 heavy (non-hydrogen) atoms. The fourth-order valence-corrected chi connectivity index (χ4v) is 1.39. The van der Waals surface area contributed by atoms with Gasteiger partial charge in [0.25, 0.3) is 0 Å². The average molecular weight is 119 g/mol. The average Bonchev–Trinajstić information content (AvgIpc) is 2.34. The van der Waals surface area contributed by atoms with E-state index < -0.39 is 0 Å². The first-order chi connectivity index (χ1) is 4.43. The standard InChI is InChI=1S/C7H14N.Li/c1-2-5-8-6-3-4-7-8;/h1-7H2;. The summed E-state index contributed by atoms with van der Waals surface area (Å²) >= 11 is 2.26. The Morgan fingerprint density at radius 3 is 2.44 bits per heavy atom. The molecular weight excluding hydrogens is 105 g/mol. The Kier molecular flexibility index (Phi) is 3.73. The van der Waals surface area contributed by atoms with Gasteiger partial charge in [0.2, 0.25) is 0 Å². The summed E-state index contributed by atoms with van der Waals surface area (Å²) < 4.78 is 0. The summed E-state index contributed by atoms with van der Waals surface area (Å²) in [7, 11) is 0. The zero-order chi connectivity index (χ0) is 6.53. The van der Waals surface area contributed by atoms with Gasteiger partial charge in [-0.15, -0.1) is 0 Å². The number of rotatable bonds is 3. The molecule has 1 nitrogen and oxygen atoms in total. The van der Waals surface area contributed by atoms with E-state index in [0.717, 1.165) is 0 Å².